The van der Waals surface area contributed by atoms with Crippen molar-refractivity contribution in [3.05, 3.63) is 59.8 Å². The lowest BCUT2D eigenvalue weighted by Crippen LogP contribution is -2.37. The third-order valence-corrected chi connectivity index (χ3v) is 3.56. The smallest absolute Gasteiger partial charge is 0.218 e. The van der Waals surface area contributed by atoms with Crippen molar-refractivity contribution in [3.63, 3.8) is 0 Å². The van der Waals surface area contributed by atoms with Crippen LogP contribution >= 0.6 is 24.0 Å². The van der Waals surface area contributed by atoms with Crippen molar-refractivity contribution in [2.24, 2.45) is 4.99 Å². The average Bonchev–Trinajstić information content (AvgIpc) is 2.64. The molecular weight excluding hydrogens is 427 g/mol. The standard InChI is InChI=1S/C19H26N4O.HI/c1-3-4-12-22-19(20-2)23-14-17-11-8-13-21-18(17)24-15-16-9-6-5-7-10-16;/h5-11,13H,3-4,12,14-15H2,1-2H3,(H2,20,22,23);1H. The van der Waals surface area contributed by atoms with Crippen LogP contribution in [-0.4, -0.2) is 24.5 Å². The molecule has 6 heteroatoms. The van der Waals surface area contributed by atoms with E-state index in [1.54, 1.807) is 13.2 Å². The number of nitrogens with zero attached hydrogens (tertiary/aromatic N) is 2. The summed E-state index contributed by atoms with van der Waals surface area (Å²) in [5.74, 6) is 1.44. The number of benzene rings is 1. The molecule has 0 saturated carbocycles. The number of unbranched alkanes of at least 4 members (excludes halogenated alkanes) is 1. The van der Waals surface area contributed by atoms with Crippen molar-refractivity contribution in [1.82, 2.24) is 15.6 Å². The van der Waals surface area contributed by atoms with Crippen LogP contribution in [0.15, 0.2) is 53.7 Å². The van der Waals surface area contributed by atoms with Crippen molar-refractivity contribution in [2.45, 2.75) is 32.9 Å². The van der Waals surface area contributed by atoms with Gasteiger partial charge in [-0.05, 0) is 18.1 Å². The molecule has 2 aromatic rings. The first-order chi connectivity index (χ1) is 11.8. The Balaban J connectivity index is 0.00000312. The number of halogens is 1. The lowest BCUT2D eigenvalue weighted by Gasteiger charge is -2.14. The summed E-state index contributed by atoms with van der Waals surface area (Å²) in [6, 6.07) is 14.0. The van der Waals surface area contributed by atoms with Gasteiger partial charge in [-0.25, -0.2) is 4.98 Å². The van der Waals surface area contributed by atoms with Gasteiger partial charge in [0.1, 0.15) is 6.61 Å². The fourth-order valence-corrected chi connectivity index (χ4v) is 2.20. The van der Waals surface area contributed by atoms with Gasteiger partial charge in [-0.1, -0.05) is 49.7 Å². The SMILES string of the molecule is CCCCNC(=NC)NCc1cccnc1OCc1ccccc1.I. The Bertz CT molecular complexity index is 634. The molecule has 136 valence electrons. The van der Waals surface area contributed by atoms with E-state index in [2.05, 4.69) is 27.5 Å². The number of nitrogens with one attached hydrogen (secondary N) is 2. The van der Waals surface area contributed by atoms with Gasteiger partial charge in [-0.3, -0.25) is 4.99 Å². The zero-order chi connectivity index (χ0) is 17.0. The van der Waals surface area contributed by atoms with Crippen LogP contribution in [0.3, 0.4) is 0 Å². The summed E-state index contributed by atoms with van der Waals surface area (Å²) in [5.41, 5.74) is 2.13. The Labute approximate surface area is 167 Å². The van der Waals surface area contributed by atoms with Gasteiger partial charge in [0.05, 0.1) is 0 Å². The third-order valence-electron chi connectivity index (χ3n) is 3.56. The third kappa shape index (κ3) is 7.72. The maximum absolute atomic E-state index is 5.88. The molecule has 2 N–H and O–H groups in total. The Morgan fingerprint density at radius 1 is 1.12 bits per heavy atom. The van der Waals surface area contributed by atoms with Crippen LogP contribution in [0.1, 0.15) is 30.9 Å². The van der Waals surface area contributed by atoms with Crippen molar-refractivity contribution in [2.75, 3.05) is 13.6 Å². The van der Waals surface area contributed by atoms with Gasteiger partial charge in [0, 0.05) is 31.9 Å². The molecule has 0 spiro atoms. The summed E-state index contributed by atoms with van der Waals surface area (Å²) in [4.78, 5) is 8.58. The van der Waals surface area contributed by atoms with Crippen molar-refractivity contribution >= 4 is 29.9 Å². The Hall–Kier alpha value is -1.83. The second-order valence-electron chi connectivity index (χ2n) is 5.45. The van der Waals surface area contributed by atoms with Crippen molar-refractivity contribution < 1.29 is 4.74 Å². The molecule has 0 aliphatic carbocycles. The van der Waals surface area contributed by atoms with E-state index >= 15 is 0 Å². The topological polar surface area (TPSA) is 58.5 Å². The number of aliphatic imine (C=N–C) groups is 1. The van der Waals surface area contributed by atoms with Crippen molar-refractivity contribution in [3.8, 4) is 5.88 Å². The minimum atomic E-state index is 0. The molecule has 1 heterocycles. The fourth-order valence-electron chi connectivity index (χ4n) is 2.20. The lowest BCUT2D eigenvalue weighted by molar-refractivity contribution is 0.290. The summed E-state index contributed by atoms with van der Waals surface area (Å²) < 4.78 is 5.88. The molecule has 0 aliphatic rings. The molecule has 0 radical (unpaired) electrons. The quantitative estimate of drug-likeness (QED) is 0.276. The molecule has 0 atom stereocenters. The first kappa shape index (κ1) is 21.2. The molecule has 0 amide bonds. The number of rotatable bonds is 8. The van der Waals surface area contributed by atoms with Crippen LogP contribution in [0.5, 0.6) is 5.88 Å². The van der Waals surface area contributed by atoms with Gasteiger partial charge < -0.3 is 15.4 Å². The molecule has 0 bridgehead atoms. The molecule has 0 aliphatic heterocycles. The van der Waals surface area contributed by atoms with E-state index in [-0.39, 0.29) is 24.0 Å². The number of aromatic nitrogens is 1. The van der Waals surface area contributed by atoms with E-state index in [1.165, 1.54) is 0 Å². The highest BCUT2D eigenvalue weighted by Gasteiger charge is 2.06. The number of hydrogen-bond donors (Lipinski definition) is 2. The van der Waals surface area contributed by atoms with Crippen LogP contribution in [0, 0.1) is 0 Å². The number of hydrogen-bond acceptors (Lipinski definition) is 3. The Morgan fingerprint density at radius 2 is 1.92 bits per heavy atom. The Kier molecular flexibility index (Phi) is 10.6. The fraction of sp³-hybridized carbons (Fsp3) is 0.368. The average molecular weight is 454 g/mol. The van der Waals surface area contributed by atoms with Gasteiger partial charge in [0.2, 0.25) is 5.88 Å². The first-order valence-electron chi connectivity index (χ1n) is 8.38. The molecule has 0 unspecified atom stereocenters. The lowest BCUT2D eigenvalue weighted by atomic mass is 10.2. The van der Waals surface area contributed by atoms with Crippen LogP contribution in [0.2, 0.25) is 0 Å². The summed E-state index contributed by atoms with van der Waals surface area (Å²) in [6.45, 7) is 4.21. The second kappa shape index (κ2) is 12.5. The number of guanidine groups is 1. The maximum atomic E-state index is 5.88. The van der Waals surface area contributed by atoms with E-state index in [9.17, 15) is 0 Å². The maximum Gasteiger partial charge on any atom is 0.218 e. The van der Waals surface area contributed by atoms with E-state index in [1.807, 2.05) is 42.5 Å². The highest BCUT2D eigenvalue weighted by molar-refractivity contribution is 14.0. The molecule has 0 fully saturated rings. The molecular formula is C19H27IN4O. The highest BCUT2D eigenvalue weighted by Crippen LogP contribution is 2.15. The summed E-state index contributed by atoms with van der Waals surface area (Å²) in [7, 11) is 1.78. The molecule has 1 aromatic heterocycles. The highest BCUT2D eigenvalue weighted by atomic mass is 127. The predicted octanol–water partition coefficient (Wildman–Crippen LogP) is 3.74. The van der Waals surface area contributed by atoms with Crippen molar-refractivity contribution in [1.29, 1.82) is 0 Å². The van der Waals surface area contributed by atoms with Crippen LogP contribution in [0.25, 0.3) is 0 Å². The van der Waals surface area contributed by atoms with Gasteiger partial charge in [-0.15, -0.1) is 24.0 Å². The van der Waals surface area contributed by atoms with Gasteiger partial charge in [0.15, 0.2) is 5.96 Å². The molecule has 5 nitrogen and oxygen atoms in total. The first-order valence-corrected chi connectivity index (χ1v) is 8.38. The summed E-state index contributed by atoms with van der Waals surface area (Å²) in [6.07, 6.45) is 4.03. The summed E-state index contributed by atoms with van der Waals surface area (Å²) in [5, 5.41) is 6.60. The minimum Gasteiger partial charge on any atom is -0.473 e. The predicted molar refractivity (Wildman–Crippen MR) is 114 cm³/mol. The molecule has 0 saturated heterocycles. The largest absolute Gasteiger partial charge is 0.473 e. The Morgan fingerprint density at radius 3 is 2.64 bits per heavy atom. The van der Waals surface area contributed by atoms with E-state index < -0.39 is 0 Å². The zero-order valence-electron chi connectivity index (χ0n) is 14.9. The van der Waals surface area contributed by atoms with Crippen LogP contribution < -0.4 is 15.4 Å². The van der Waals surface area contributed by atoms with Gasteiger partial charge in [-0.2, -0.15) is 0 Å². The summed E-state index contributed by atoms with van der Waals surface area (Å²) >= 11 is 0. The van der Waals surface area contributed by atoms with Crippen LogP contribution in [-0.2, 0) is 13.2 Å². The second-order valence-corrected chi connectivity index (χ2v) is 5.45. The monoisotopic (exact) mass is 454 g/mol. The van der Waals surface area contributed by atoms with Gasteiger partial charge in [0.25, 0.3) is 0 Å². The van der Waals surface area contributed by atoms with E-state index in [4.69, 9.17) is 4.74 Å². The molecule has 25 heavy (non-hydrogen) atoms. The van der Waals surface area contributed by atoms with E-state index in [0.29, 0.717) is 19.0 Å². The molecule has 2 rings (SSSR count). The van der Waals surface area contributed by atoms with E-state index in [0.717, 1.165) is 36.5 Å². The number of pyridine rings is 1. The zero-order valence-corrected chi connectivity index (χ0v) is 17.2. The van der Waals surface area contributed by atoms with Gasteiger partial charge >= 0.3 is 0 Å². The normalized spacial score (nSPS) is 10.7. The van der Waals surface area contributed by atoms with Crippen LogP contribution in [0.4, 0.5) is 0 Å². The molecule has 1 aromatic carbocycles. The number of ether oxygens (including phenoxy) is 1. The minimum absolute atomic E-state index is 0.